The molecule has 5 rings (SSSR count). The molecule has 36 heavy (non-hydrogen) atoms. The molecule has 4 heterocycles. The highest BCUT2D eigenvalue weighted by molar-refractivity contribution is 6.00. The van der Waals surface area contributed by atoms with Crippen molar-refractivity contribution in [3.8, 4) is 5.75 Å². The van der Waals surface area contributed by atoms with Gasteiger partial charge in [-0.1, -0.05) is 19.4 Å². The Morgan fingerprint density at radius 1 is 1.25 bits per heavy atom. The molecule has 0 radical (unpaired) electrons. The zero-order chi connectivity index (χ0) is 25.6. The van der Waals surface area contributed by atoms with Crippen LogP contribution < -0.4 is 15.5 Å². The zero-order valence-electron chi connectivity index (χ0n) is 20.3. The van der Waals surface area contributed by atoms with Gasteiger partial charge in [0.25, 0.3) is 11.8 Å². The van der Waals surface area contributed by atoms with Crippen molar-refractivity contribution in [2.75, 3.05) is 13.2 Å². The van der Waals surface area contributed by atoms with Crippen molar-refractivity contribution in [2.45, 2.75) is 70.8 Å². The van der Waals surface area contributed by atoms with Crippen LogP contribution in [0.4, 0.5) is 8.78 Å². The van der Waals surface area contributed by atoms with Gasteiger partial charge in [-0.2, -0.15) is 0 Å². The van der Waals surface area contributed by atoms with Crippen LogP contribution in [0, 0.1) is 11.6 Å². The summed E-state index contributed by atoms with van der Waals surface area (Å²) < 4.78 is 41.0. The van der Waals surface area contributed by atoms with E-state index >= 15 is 0 Å². The molecule has 0 spiro atoms. The summed E-state index contributed by atoms with van der Waals surface area (Å²) in [6.07, 6.45) is 2.72. The minimum atomic E-state index is -0.792. The molecule has 2 amide bonds. The summed E-state index contributed by atoms with van der Waals surface area (Å²) in [6, 6.07) is 2.78. The fourth-order valence-corrected chi connectivity index (χ4v) is 5.39. The Hall–Kier alpha value is -3.27. The van der Waals surface area contributed by atoms with Crippen molar-refractivity contribution in [3.05, 3.63) is 62.6 Å². The maximum absolute atomic E-state index is 14.1. The average Bonchev–Trinajstić information content (AvgIpc) is 3.27. The number of nitrogens with one attached hydrogen (secondary N) is 1. The van der Waals surface area contributed by atoms with Crippen LogP contribution in [0.25, 0.3) is 0 Å². The zero-order valence-corrected chi connectivity index (χ0v) is 20.3. The van der Waals surface area contributed by atoms with Gasteiger partial charge in [0.2, 0.25) is 5.43 Å². The van der Waals surface area contributed by atoms with Crippen molar-refractivity contribution in [1.82, 2.24) is 14.8 Å². The number of aromatic nitrogens is 1. The number of unbranched alkanes of at least 4 members (excludes halogenated alkanes) is 1. The summed E-state index contributed by atoms with van der Waals surface area (Å²) >= 11 is 0. The van der Waals surface area contributed by atoms with Crippen LogP contribution in [-0.4, -0.2) is 46.8 Å². The normalized spacial score (nSPS) is 22.3. The number of carbonyl (C=O) groups excluding carboxylic acids is 2. The first-order valence-corrected chi connectivity index (χ1v) is 12.4. The van der Waals surface area contributed by atoms with Crippen molar-refractivity contribution < 1.29 is 27.8 Å². The SMILES string of the molecule is CCCCOc1c2n3c(c(C(=O)NCc4ccc(F)cc4F)c1=O)CCC3C1OCC[C@@H](C)N1C2=O. The summed E-state index contributed by atoms with van der Waals surface area (Å²) in [5.74, 6) is -2.67. The first kappa shape index (κ1) is 24.4. The number of nitrogens with zero attached hydrogens (tertiary/aromatic N) is 2. The summed E-state index contributed by atoms with van der Waals surface area (Å²) in [5, 5.41) is 2.59. The highest BCUT2D eigenvalue weighted by Gasteiger charge is 2.50. The van der Waals surface area contributed by atoms with E-state index in [4.69, 9.17) is 9.47 Å². The van der Waals surface area contributed by atoms with Crippen LogP contribution in [0.5, 0.6) is 5.75 Å². The van der Waals surface area contributed by atoms with E-state index in [1.807, 2.05) is 13.8 Å². The number of halogens is 2. The van der Waals surface area contributed by atoms with E-state index < -0.39 is 29.2 Å². The van der Waals surface area contributed by atoms with E-state index in [1.54, 1.807) is 9.47 Å². The van der Waals surface area contributed by atoms with E-state index in [0.717, 1.165) is 18.6 Å². The number of ether oxygens (including phenoxy) is 2. The summed E-state index contributed by atoms with van der Waals surface area (Å²) in [6.45, 7) is 4.47. The molecular weight excluding hydrogens is 472 g/mol. The number of hydrogen-bond donors (Lipinski definition) is 1. The van der Waals surface area contributed by atoms with Crippen molar-refractivity contribution in [1.29, 1.82) is 0 Å². The first-order chi connectivity index (χ1) is 17.3. The van der Waals surface area contributed by atoms with Crippen molar-refractivity contribution >= 4 is 11.8 Å². The molecule has 8 nitrogen and oxygen atoms in total. The van der Waals surface area contributed by atoms with E-state index in [-0.39, 0.29) is 53.7 Å². The molecule has 1 fully saturated rings. The molecule has 0 bridgehead atoms. The van der Waals surface area contributed by atoms with Crippen molar-refractivity contribution in [3.63, 3.8) is 0 Å². The lowest BCUT2D eigenvalue weighted by Crippen LogP contribution is -2.58. The second-order valence-corrected chi connectivity index (χ2v) is 9.54. The average molecular weight is 502 g/mol. The molecular formula is C26H29F2N3O5. The molecule has 3 aliphatic heterocycles. The van der Waals surface area contributed by atoms with Gasteiger partial charge in [-0.05, 0) is 38.7 Å². The molecule has 3 aliphatic rings. The number of hydrogen-bond acceptors (Lipinski definition) is 5. The van der Waals surface area contributed by atoms with Gasteiger partial charge >= 0.3 is 0 Å². The van der Waals surface area contributed by atoms with Gasteiger partial charge in [-0.25, -0.2) is 8.78 Å². The van der Waals surface area contributed by atoms with Gasteiger partial charge in [0.05, 0.1) is 19.3 Å². The highest BCUT2D eigenvalue weighted by Crippen LogP contribution is 2.43. The van der Waals surface area contributed by atoms with Gasteiger partial charge in [-0.15, -0.1) is 0 Å². The molecule has 0 saturated carbocycles. The van der Waals surface area contributed by atoms with Crippen LogP contribution in [0.3, 0.4) is 0 Å². The third-order valence-electron chi connectivity index (χ3n) is 7.24. The van der Waals surface area contributed by atoms with Crippen LogP contribution in [0.1, 0.15) is 77.7 Å². The maximum Gasteiger partial charge on any atom is 0.276 e. The van der Waals surface area contributed by atoms with Gasteiger partial charge in [-0.3, -0.25) is 14.4 Å². The monoisotopic (exact) mass is 501 g/mol. The van der Waals surface area contributed by atoms with E-state index in [2.05, 4.69) is 5.32 Å². The summed E-state index contributed by atoms with van der Waals surface area (Å²) in [7, 11) is 0. The number of amides is 2. The molecule has 10 heteroatoms. The quantitative estimate of drug-likeness (QED) is 0.588. The molecule has 0 aliphatic carbocycles. The predicted molar refractivity (Wildman–Crippen MR) is 126 cm³/mol. The second-order valence-electron chi connectivity index (χ2n) is 9.54. The Balaban J connectivity index is 1.57. The fourth-order valence-electron chi connectivity index (χ4n) is 5.39. The molecule has 2 unspecified atom stereocenters. The van der Waals surface area contributed by atoms with Crippen LogP contribution in [0.15, 0.2) is 23.0 Å². The third kappa shape index (κ3) is 3.97. The van der Waals surface area contributed by atoms with Gasteiger partial charge in [0, 0.05) is 29.9 Å². The molecule has 1 N–H and O–H groups in total. The number of pyridine rings is 1. The Labute approximate surface area is 207 Å². The molecule has 1 aromatic carbocycles. The lowest BCUT2D eigenvalue weighted by atomic mass is 10.0. The number of benzene rings is 1. The minimum Gasteiger partial charge on any atom is -0.487 e. The topological polar surface area (TPSA) is 89.9 Å². The van der Waals surface area contributed by atoms with Gasteiger partial charge < -0.3 is 24.3 Å². The lowest BCUT2D eigenvalue weighted by molar-refractivity contribution is -0.128. The molecule has 192 valence electrons. The standard InChI is InChI=1S/C26H29F2N3O5/c1-3-4-10-35-23-21-25(34)30-14(2)9-11-36-26(30)19-8-7-18(31(19)21)20(22(23)32)24(33)29-13-15-5-6-16(27)12-17(15)28/h5-6,12,14,19,26H,3-4,7-11,13H2,1-2H3,(H,29,33)/t14-,19?,26?/m1/s1. The Morgan fingerprint density at radius 2 is 2.06 bits per heavy atom. The molecule has 1 saturated heterocycles. The predicted octanol–water partition coefficient (Wildman–Crippen LogP) is 3.31. The molecule has 2 aromatic rings. The second kappa shape index (κ2) is 9.65. The summed E-state index contributed by atoms with van der Waals surface area (Å²) in [4.78, 5) is 42.3. The molecule has 1 aromatic heterocycles. The number of rotatable bonds is 7. The first-order valence-electron chi connectivity index (χ1n) is 12.4. The van der Waals surface area contributed by atoms with Crippen LogP contribution in [0.2, 0.25) is 0 Å². The van der Waals surface area contributed by atoms with E-state index in [1.165, 1.54) is 6.07 Å². The fraction of sp³-hybridized carbons (Fsp3) is 0.500. The summed E-state index contributed by atoms with van der Waals surface area (Å²) in [5.41, 5.74) is -0.0483. The Bertz CT molecular complexity index is 1280. The van der Waals surface area contributed by atoms with Gasteiger partial charge in [0.15, 0.2) is 17.7 Å². The Kier molecular flexibility index (Phi) is 6.55. The lowest BCUT2D eigenvalue weighted by Gasteiger charge is -2.47. The minimum absolute atomic E-state index is 0.0544. The maximum atomic E-state index is 14.1. The number of carbonyl (C=O) groups is 2. The molecule has 3 atom stereocenters. The Morgan fingerprint density at radius 3 is 2.81 bits per heavy atom. The van der Waals surface area contributed by atoms with Crippen LogP contribution in [-0.2, 0) is 17.7 Å². The van der Waals surface area contributed by atoms with Crippen LogP contribution >= 0.6 is 0 Å². The number of fused-ring (bicyclic) bond motifs is 2. The third-order valence-corrected chi connectivity index (χ3v) is 7.24. The van der Waals surface area contributed by atoms with Crippen molar-refractivity contribution in [2.24, 2.45) is 0 Å². The smallest absolute Gasteiger partial charge is 0.276 e. The van der Waals surface area contributed by atoms with Gasteiger partial charge in [0.1, 0.15) is 17.2 Å². The largest absolute Gasteiger partial charge is 0.487 e. The van der Waals surface area contributed by atoms with E-state index in [9.17, 15) is 23.2 Å². The highest BCUT2D eigenvalue weighted by atomic mass is 19.1. The van der Waals surface area contributed by atoms with E-state index in [0.29, 0.717) is 38.0 Å².